The topological polar surface area (TPSA) is 55.8 Å². The SMILES string of the molecule is CC#CC1(O)CCC2C3CCC4=CC(=O)CCC4=C3C(c3ccc4c(c3)OC3(CC(C)C3C)O4)CC21C. The third kappa shape index (κ3) is 3.10. The van der Waals surface area contributed by atoms with Crippen LogP contribution in [0.1, 0.15) is 90.5 Å². The second-order valence-corrected chi connectivity index (χ2v) is 13.0. The molecular weight excluding hydrogens is 460 g/mol. The van der Waals surface area contributed by atoms with Gasteiger partial charge in [-0.3, -0.25) is 4.79 Å². The fraction of sp³-hybridized carbons (Fsp3) is 0.606. The van der Waals surface area contributed by atoms with Crippen molar-refractivity contribution in [3.8, 4) is 23.3 Å². The largest absolute Gasteiger partial charge is 0.448 e. The van der Waals surface area contributed by atoms with Gasteiger partial charge in [0.05, 0.1) is 0 Å². The van der Waals surface area contributed by atoms with Crippen molar-refractivity contribution < 1.29 is 19.4 Å². The van der Waals surface area contributed by atoms with E-state index in [1.807, 2.05) is 13.0 Å². The molecule has 0 aromatic heterocycles. The quantitative estimate of drug-likeness (QED) is 0.450. The van der Waals surface area contributed by atoms with E-state index in [1.54, 1.807) is 0 Å². The van der Waals surface area contributed by atoms with Crippen LogP contribution in [0.25, 0.3) is 0 Å². The zero-order valence-corrected chi connectivity index (χ0v) is 22.5. The van der Waals surface area contributed by atoms with Crippen LogP contribution in [-0.4, -0.2) is 22.3 Å². The van der Waals surface area contributed by atoms with E-state index in [2.05, 4.69) is 50.8 Å². The van der Waals surface area contributed by atoms with E-state index in [1.165, 1.54) is 22.3 Å². The number of ketones is 1. The lowest BCUT2D eigenvalue weighted by Gasteiger charge is -2.53. The van der Waals surface area contributed by atoms with Crippen LogP contribution in [0.4, 0.5) is 0 Å². The highest BCUT2D eigenvalue weighted by Crippen LogP contribution is 2.67. The Kier molecular flexibility index (Phi) is 4.95. The summed E-state index contributed by atoms with van der Waals surface area (Å²) < 4.78 is 12.9. The normalized spacial score (nSPS) is 43.3. The number of benzene rings is 1. The third-order valence-electron chi connectivity index (χ3n) is 11.3. The van der Waals surface area contributed by atoms with Gasteiger partial charge in [-0.15, -0.1) is 5.92 Å². The number of carbonyl (C=O) groups excluding carboxylic acids is 1. The van der Waals surface area contributed by atoms with Crippen LogP contribution >= 0.6 is 0 Å². The van der Waals surface area contributed by atoms with Crippen molar-refractivity contribution in [1.82, 2.24) is 0 Å². The fourth-order valence-corrected chi connectivity index (χ4v) is 9.03. The maximum Gasteiger partial charge on any atom is 0.254 e. The minimum absolute atomic E-state index is 0.171. The lowest BCUT2D eigenvalue weighted by Crippen LogP contribution is -2.57. The van der Waals surface area contributed by atoms with Crippen LogP contribution in [0, 0.1) is 40.9 Å². The van der Waals surface area contributed by atoms with Gasteiger partial charge in [0.15, 0.2) is 17.3 Å². The minimum Gasteiger partial charge on any atom is -0.448 e. The standard InChI is InChI=1S/C33H38O4/c1-5-13-32(35)14-12-27-25-9-6-21-15-23(34)8-10-24(21)30(25)26(18-31(27,32)4)22-7-11-28-29(16-22)37-33(36-28)17-19(2)20(33)3/h7,11,15-16,19-20,25-27,35H,6,8-10,12,14,17-18H2,1-4H3. The molecule has 37 heavy (non-hydrogen) atoms. The van der Waals surface area contributed by atoms with Crippen LogP contribution in [0.15, 0.2) is 41.0 Å². The van der Waals surface area contributed by atoms with E-state index in [-0.39, 0.29) is 17.1 Å². The Hall–Kier alpha value is -2.51. The number of hydrogen-bond acceptors (Lipinski definition) is 4. The Morgan fingerprint density at radius 1 is 1.05 bits per heavy atom. The average molecular weight is 499 g/mol. The van der Waals surface area contributed by atoms with Crippen molar-refractivity contribution in [2.45, 2.75) is 96.4 Å². The summed E-state index contributed by atoms with van der Waals surface area (Å²) in [4.78, 5) is 12.3. The molecule has 0 amide bonds. The minimum atomic E-state index is -0.961. The van der Waals surface area contributed by atoms with Gasteiger partial charge >= 0.3 is 0 Å². The maximum atomic E-state index is 12.3. The van der Waals surface area contributed by atoms with Crippen molar-refractivity contribution in [2.75, 3.05) is 0 Å². The maximum absolute atomic E-state index is 12.3. The molecule has 0 saturated heterocycles. The highest BCUT2D eigenvalue weighted by Gasteiger charge is 2.63. The predicted octanol–water partition coefficient (Wildman–Crippen LogP) is 6.48. The Morgan fingerprint density at radius 2 is 1.86 bits per heavy atom. The highest BCUT2D eigenvalue weighted by atomic mass is 16.7. The van der Waals surface area contributed by atoms with Gasteiger partial charge < -0.3 is 14.6 Å². The van der Waals surface area contributed by atoms with Crippen LogP contribution in [0.2, 0.25) is 0 Å². The molecule has 3 fully saturated rings. The number of aliphatic hydroxyl groups is 1. The van der Waals surface area contributed by atoms with Gasteiger partial charge in [-0.05, 0) is 98.1 Å². The average Bonchev–Trinajstić information content (AvgIpc) is 3.39. The van der Waals surface area contributed by atoms with Gasteiger partial charge in [0.1, 0.15) is 5.60 Å². The number of ether oxygens (including phenoxy) is 2. The molecule has 1 aromatic rings. The zero-order valence-electron chi connectivity index (χ0n) is 22.5. The summed E-state index contributed by atoms with van der Waals surface area (Å²) in [5.41, 5.74) is 4.21. The van der Waals surface area contributed by atoms with Gasteiger partial charge in [0.2, 0.25) is 0 Å². The third-order valence-corrected chi connectivity index (χ3v) is 11.3. The molecule has 4 heteroatoms. The molecule has 0 bridgehead atoms. The highest BCUT2D eigenvalue weighted by molar-refractivity contribution is 5.93. The Balaban J connectivity index is 1.35. The van der Waals surface area contributed by atoms with Crippen molar-refractivity contribution in [3.05, 3.63) is 46.6 Å². The molecule has 8 unspecified atom stereocenters. The lowest BCUT2D eigenvalue weighted by atomic mass is 9.51. The van der Waals surface area contributed by atoms with Gasteiger partial charge in [0.25, 0.3) is 5.79 Å². The van der Waals surface area contributed by atoms with Crippen LogP contribution < -0.4 is 9.47 Å². The molecule has 194 valence electrons. The molecule has 3 saturated carbocycles. The van der Waals surface area contributed by atoms with E-state index >= 15 is 0 Å². The van der Waals surface area contributed by atoms with Crippen LogP contribution in [0.5, 0.6) is 11.5 Å². The number of carbonyl (C=O) groups is 1. The Labute approximate surface area is 220 Å². The molecule has 0 radical (unpaired) electrons. The second-order valence-electron chi connectivity index (χ2n) is 13.0. The van der Waals surface area contributed by atoms with E-state index < -0.39 is 11.4 Å². The van der Waals surface area contributed by atoms with E-state index in [4.69, 9.17) is 9.47 Å². The van der Waals surface area contributed by atoms with Crippen molar-refractivity contribution in [1.29, 1.82) is 0 Å². The Morgan fingerprint density at radius 3 is 2.62 bits per heavy atom. The van der Waals surface area contributed by atoms with Gasteiger partial charge in [-0.2, -0.15) is 0 Å². The van der Waals surface area contributed by atoms with Gasteiger partial charge in [0, 0.05) is 30.1 Å². The molecule has 1 heterocycles. The van der Waals surface area contributed by atoms with Crippen LogP contribution in [0.3, 0.4) is 0 Å². The molecule has 1 spiro atoms. The van der Waals surface area contributed by atoms with Gasteiger partial charge in [-0.25, -0.2) is 0 Å². The first-order chi connectivity index (χ1) is 17.7. The zero-order chi connectivity index (χ0) is 25.7. The summed E-state index contributed by atoms with van der Waals surface area (Å²) in [6.07, 6.45) is 8.91. The predicted molar refractivity (Wildman–Crippen MR) is 142 cm³/mol. The van der Waals surface area contributed by atoms with Crippen molar-refractivity contribution in [3.63, 3.8) is 0 Å². The van der Waals surface area contributed by atoms with E-state index in [9.17, 15) is 9.90 Å². The van der Waals surface area contributed by atoms with Crippen LogP contribution in [-0.2, 0) is 4.79 Å². The fourth-order valence-electron chi connectivity index (χ4n) is 9.03. The molecule has 1 aromatic carbocycles. The summed E-state index contributed by atoms with van der Waals surface area (Å²) in [6, 6.07) is 6.53. The summed E-state index contributed by atoms with van der Waals surface area (Å²) in [5.74, 6) is 9.71. The summed E-state index contributed by atoms with van der Waals surface area (Å²) >= 11 is 0. The molecule has 8 atom stereocenters. The first kappa shape index (κ1) is 23.6. The van der Waals surface area contributed by atoms with Crippen molar-refractivity contribution >= 4 is 5.78 Å². The number of allylic oxidation sites excluding steroid dienone is 4. The summed E-state index contributed by atoms with van der Waals surface area (Å²) in [5, 5.41) is 11.9. The Bertz CT molecular complexity index is 1330. The molecule has 5 aliphatic carbocycles. The molecule has 4 nitrogen and oxygen atoms in total. The molecule has 7 rings (SSSR count). The first-order valence-corrected chi connectivity index (χ1v) is 14.3. The monoisotopic (exact) mass is 498 g/mol. The van der Waals surface area contributed by atoms with Crippen molar-refractivity contribution in [2.24, 2.45) is 29.1 Å². The summed E-state index contributed by atoms with van der Waals surface area (Å²) in [6.45, 7) is 8.61. The smallest absolute Gasteiger partial charge is 0.254 e. The first-order valence-electron chi connectivity index (χ1n) is 14.3. The number of rotatable bonds is 1. The number of hydrogen-bond donors (Lipinski definition) is 1. The van der Waals surface area contributed by atoms with E-state index in [0.29, 0.717) is 30.1 Å². The molecule has 1 aliphatic heterocycles. The molecular formula is C33H38O4. The second kappa shape index (κ2) is 7.76. The van der Waals surface area contributed by atoms with E-state index in [0.717, 1.165) is 56.4 Å². The molecule has 1 N–H and O–H groups in total. The van der Waals surface area contributed by atoms with Gasteiger partial charge in [-0.1, -0.05) is 38.3 Å². The molecule has 6 aliphatic rings. The number of fused-ring (bicyclic) bond motifs is 5. The lowest BCUT2D eigenvalue weighted by molar-refractivity contribution is -0.211. The summed E-state index contributed by atoms with van der Waals surface area (Å²) in [7, 11) is 0.